The second-order valence-corrected chi connectivity index (χ2v) is 11.8. The highest BCUT2D eigenvalue weighted by molar-refractivity contribution is 5.98. The molecule has 2 aromatic rings. The molecule has 0 bridgehead atoms. The van der Waals surface area contributed by atoms with Gasteiger partial charge in [-0.25, -0.2) is 9.69 Å². The van der Waals surface area contributed by atoms with Gasteiger partial charge in [0.2, 0.25) is 11.8 Å². The molecule has 0 aromatic heterocycles. The average molecular weight is 598 g/mol. The molecule has 3 rings (SSSR count). The summed E-state index contributed by atoms with van der Waals surface area (Å²) in [6, 6.07) is 15.6. The summed E-state index contributed by atoms with van der Waals surface area (Å²) < 4.78 is 5.44. The minimum absolute atomic E-state index is 0.0477. The number of nitrogens with zero attached hydrogens (tertiary/aromatic N) is 2. The van der Waals surface area contributed by atoms with Gasteiger partial charge in [-0.1, -0.05) is 60.7 Å². The van der Waals surface area contributed by atoms with Crippen LogP contribution in [-0.4, -0.2) is 86.4 Å². The third-order valence-electron chi connectivity index (χ3n) is 7.33. The second kappa shape index (κ2) is 15.1. The van der Waals surface area contributed by atoms with Crippen LogP contribution in [0.4, 0.5) is 4.79 Å². The molecule has 43 heavy (non-hydrogen) atoms. The number of ether oxygens (including phenoxy) is 1. The summed E-state index contributed by atoms with van der Waals surface area (Å²) >= 11 is 0. The summed E-state index contributed by atoms with van der Waals surface area (Å²) in [5, 5.41) is 24.5. The lowest BCUT2D eigenvalue weighted by Crippen LogP contribution is -2.64. The van der Waals surface area contributed by atoms with Crippen molar-refractivity contribution in [1.29, 1.82) is 0 Å². The Labute approximate surface area is 252 Å². The van der Waals surface area contributed by atoms with Crippen LogP contribution in [0.25, 0.3) is 0 Å². The molecule has 1 fully saturated rings. The molecule has 5 atom stereocenters. The van der Waals surface area contributed by atoms with Crippen LogP contribution in [0.2, 0.25) is 0 Å². The quantitative estimate of drug-likeness (QED) is 0.223. The number of nitrogens with one attached hydrogen (secondary N) is 1. The number of rotatable bonds is 12. The molecule has 4 amide bonds. The molecule has 0 aliphatic carbocycles. The van der Waals surface area contributed by atoms with E-state index in [1.54, 1.807) is 30.3 Å². The van der Waals surface area contributed by atoms with Crippen molar-refractivity contribution in [2.45, 2.75) is 89.1 Å². The molecular weight excluding hydrogens is 554 g/mol. The van der Waals surface area contributed by atoms with E-state index < -0.39 is 66.2 Å². The number of nitrogens with two attached hydrogens (primary N) is 2. The number of benzene rings is 2. The Morgan fingerprint density at radius 3 is 2.19 bits per heavy atom. The van der Waals surface area contributed by atoms with E-state index >= 15 is 0 Å². The van der Waals surface area contributed by atoms with Gasteiger partial charge in [0.1, 0.15) is 12.8 Å². The second-order valence-electron chi connectivity index (χ2n) is 11.8. The van der Waals surface area contributed by atoms with Crippen LogP contribution in [0.1, 0.15) is 51.2 Å². The maximum absolute atomic E-state index is 13.7. The van der Waals surface area contributed by atoms with Gasteiger partial charge < -0.3 is 31.7 Å². The highest BCUT2D eigenvalue weighted by Crippen LogP contribution is 2.27. The predicted octanol–water partition coefficient (Wildman–Crippen LogP) is 1.02. The van der Waals surface area contributed by atoms with Crippen LogP contribution >= 0.6 is 0 Å². The number of likely N-dealkylation sites (tertiary alicyclic amines) is 1. The topological polar surface area (TPSA) is 189 Å². The van der Waals surface area contributed by atoms with E-state index in [0.29, 0.717) is 16.9 Å². The van der Waals surface area contributed by atoms with Gasteiger partial charge in [0.25, 0.3) is 5.91 Å². The van der Waals surface area contributed by atoms with Gasteiger partial charge in [-0.05, 0) is 51.2 Å². The number of aryl methyl sites for hydroxylation is 1. The van der Waals surface area contributed by atoms with E-state index in [4.69, 9.17) is 16.2 Å². The lowest BCUT2D eigenvalue weighted by molar-refractivity contribution is -0.141. The molecule has 0 saturated carbocycles. The minimum atomic E-state index is -1.61. The standard InChI is InChI=1S/C31H43N5O7/c1-31(2,3)35-18-22(37)16-24(35)28(40)34-27(25(38)15-14-20-10-6-4-7-11-20)36(29(41)23(32)17-26(33)39)30(42)43-19-21-12-8-5-9-13-21/h4-13,22-25,27,37-38H,14-19,32H2,1-3H3,(H2,33,39)(H,34,40)/t22-,23+,24-,25?,27?/m1/s1. The summed E-state index contributed by atoms with van der Waals surface area (Å²) in [6.07, 6.45) is -5.05. The number of β-amino-alcohol motifs (C(OH)–C–C–N with tert-alkyl or cyclic N) is 1. The van der Waals surface area contributed by atoms with Crippen molar-refractivity contribution in [2.24, 2.45) is 11.5 Å². The lowest BCUT2D eigenvalue weighted by atomic mass is 10.0. The molecule has 1 heterocycles. The molecule has 1 aliphatic rings. The highest BCUT2D eigenvalue weighted by Gasteiger charge is 2.45. The number of aliphatic hydroxyl groups is 2. The van der Waals surface area contributed by atoms with E-state index in [9.17, 15) is 29.4 Å². The van der Waals surface area contributed by atoms with Crippen molar-refractivity contribution >= 4 is 23.8 Å². The molecule has 12 nitrogen and oxygen atoms in total. The van der Waals surface area contributed by atoms with E-state index in [1.807, 2.05) is 56.0 Å². The molecule has 234 valence electrons. The lowest BCUT2D eigenvalue weighted by Gasteiger charge is -2.38. The molecule has 1 aliphatic heterocycles. The third kappa shape index (κ3) is 9.58. The van der Waals surface area contributed by atoms with Crippen LogP contribution < -0.4 is 16.8 Å². The summed E-state index contributed by atoms with van der Waals surface area (Å²) in [4.78, 5) is 54.9. The number of imide groups is 1. The Morgan fingerprint density at radius 2 is 1.63 bits per heavy atom. The van der Waals surface area contributed by atoms with Crippen LogP contribution in [0.15, 0.2) is 60.7 Å². The number of carbonyl (C=O) groups is 4. The summed E-state index contributed by atoms with van der Waals surface area (Å²) in [7, 11) is 0. The molecule has 7 N–H and O–H groups in total. The highest BCUT2D eigenvalue weighted by atomic mass is 16.6. The summed E-state index contributed by atoms with van der Waals surface area (Å²) in [6.45, 7) is 5.74. The van der Waals surface area contributed by atoms with Crippen molar-refractivity contribution < 1.29 is 34.1 Å². The summed E-state index contributed by atoms with van der Waals surface area (Å²) in [5.41, 5.74) is 12.3. The maximum Gasteiger partial charge on any atom is 0.418 e. The van der Waals surface area contributed by atoms with Gasteiger partial charge >= 0.3 is 6.09 Å². The first-order valence-corrected chi connectivity index (χ1v) is 14.3. The SMILES string of the molecule is CC(C)(C)N1C[C@H](O)C[C@@H]1C(=O)NC(C(O)CCc1ccccc1)N(C(=O)OCc1ccccc1)C(=O)[C@@H](N)CC(N)=O. The third-order valence-corrected chi connectivity index (χ3v) is 7.33. The summed E-state index contributed by atoms with van der Waals surface area (Å²) in [5.74, 6) is -2.53. The molecule has 12 heteroatoms. The smallest absolute Gasteiger partial charge is 0.418 e. The Kier molecular flexibility index (Phi) is 11.8. The number of hydrogen-bond acceptors (Lipinski definition) is 9. The zero-order chi connectivity index (χ0) is 31.7. The van der Waals surface area contributed by atoms with Crippen molar-refractivity contribution in [3.63, 3.8) is 0 Å². The molecule has 0 radical (unpaired) electrons. The average Bonchev–Trinajstić information content (AvgIpc) is 3.37. The molecular formula is C31H43N5O7. The normalized spacial score (nSPS) is 19.2. The largest absolute Gasteiger partial charge is 0.444 e. The molecule has 2 aromatic carbocycles. The zero-order valence-electron chi connectivity index (χ0n) is 24.9. The van der Waals surface area contributed by atoms with Crippen molar-refractivity contribution in [3.05, 3.63) is 71.8 Å². The first-order valence-electron chi connectivity index (χ1n) is 14.3. The Bertz CT molecular complexity index is 1240. The van der Waals surface area contributed by atoms with Gasteiger partial charge in [-0.15, -0.1) is 0 Å². The van der Waals surface area contributed by atoms with Crippen molar-refractivity contribution in [2.75, 3.05) is 6.54 Å². The fourth-order valence-corrected chi connectivity index (χ4v) is 5.11. The Morgan fingerprint density at radius 1 is 1.05 bits per heavy atom. The Hall–Kier alpha value is -3.84. The van der Waals surface area contributed by atoms with Crippen LogP contribution in [0.5, 0.6) is 0 Å². The number of hydrogen-bond donors (Lipinski definition) is 5. The number of amides is 4. The molecule has 2 unspecified atom stereocenters. The van der Waals surface area contributed by atoms with Crippen LogP contribution in [0.3, 0.4) is 0 Å². The van der Waals surface area contributed by atoms with Crippen LogP contribution in [-0.2, 0) is 32.1 Å². The zero-order valence-corrected chi connectivity index (χ0v) is 24.9. The maximum atomic E-state index is 13.7. The molecule has 1 saturated heterocycles. The number of aliphatic hydroxyl groups excluding tert-OH is 2. The van der Waals surface area contributed by atoms with Gasteiger partial charge in [-0.3, -0.25) is 19.3 Å². The van der Waals surface area contributed by atoms with Crippen molar-refractivity contribution in [1.82, 2.24) is 15.1 Å². The van der Waals surface area contributed by atoms with Crippen molar-refractivity contribution in [3.8, 4) is 0 Å². The fraction of sp³-hybridized carbons (Fsp3) is 0.484. The number of carbonyl (C=O) groups excluding carboxylic acids is 4. The van der Waals surface area contributed by atoms with E-state index in [1.165, 1.54) is 0 Å². The fourth-order valence-electron chi connectivity index (χ4n) is 5.11. The monoisotopic (exact) mass is 597 g/mol. The van der Waals surface area contributed by atoms with E-state index in [0.717, 1.165) is 5.56 Å². The van der Waals surface area contributed by atoms with Gasteiger partial charge in [0.15, 0.2) is 0 Å². The van der Waals surface area contributed by atoms with Gasteiger partial charge in [-0.2, -0.15) is 0 Å². The predicted molar refractivity (Wildman–Crippen MR) is 159 cm³/mol. The van der Waals surface area contributed by atoms with E-state index in [-0.39, 0.29) is 26.0 Å². The molecule has 0 spiro atoms. The Balaban J connectivity index is 1.96. The van der Waals surface area contributed by atoms with Crippen LogP contribution in [0, 0.1) is 0 Å². The minimum Gasteiger partial charge on any atom is -0.444 e. The first kappa shape index (κ1) is 33.7. The van der Waals surface area contributed by atoms with Gasteiger partial charge in [0.05, 0.1) is 30.7 Å². The number of primary amides is 1. The van der Waals surface area contributed by atoms with E-state index in [2.05, 4.69) is 5.32 Å². The first-order chi connectivity index (χ1) is 20.3. The van der Waals surface area contributed by atoms with Gasteiger partial charge in [0, 0.05) is 12.1 Å².